The van der Waals surface area contributed by atoms with Gasteiger partial charge in [0.15, 0.2) is 5.82 Å². The Morgan fingerprint density at radius 1 is 1.29 bits per heavy atom. The van der Waals surface area contributed by atoms with Gasteiger partial charge in [-0.3, -0.25) is 4.98 Å². The van der Waals surface area contributed by atoms with Crippen LogP contribution >= 0.6 is 0 Å². The maximum Gasteiger partial charge on any atom is 0.182 e. The fourth-order valence-corrected chi connectivity index (χ4v) is 2.61. The molecule has 0 unspecified atom stereocenters. The molecule has 0 aliphatic carbocycles. The van der Waals surface area contributed by atoms with E-state index in [0.717, 1.165) is 43.3 Å². The molecule has 0 N–H and O–H groups in total. The molecule has 3 heterocycles. The van der Waals surface area contributed by atoms with Crippen LogP contribution in [-0.4, -0.2) is 33.0 Å². The van der Waals surface area contributed by atoms with Crippen LogP contribution in [0.4, 0.5) is 0 Å². The summed E-state index contributed by atoms with van der Waals surface area (Å²) < 4.78 is 7.53. The maximum atomic E-state index is 5.47. The van der Waals surface area contributed by atoms with E-state index in [9.17, 15) is 0 Å². The summed E-state index contributed by atoms with van der Waals surface area (Å²) in [6.45, 7) is 8.08. The quantitative estimate of drug-likeness (QED) is 0.851. The molecule has 2 aromatic rings. The van der Waals surface area contributed by atoms with Crippen LogP contribution in [0.5, 0.6) is 0 Å². The van der Waals surface area contributed by atoms with Gasteiger partial charge in [0.1, 0.15) is 5.82 Å². The lowest BCUT2D eigenvalue weighted by Gasteiger charge is -2.27. The van der Waals surface area contributed by atoms with Crippen molar-refractivity contribution < 1.29 is 4.74 Å². The highest BCUT2D eigenvalue weighted by atomic mass is 16.5. The van der Waals surface area contributed by atoms with Crippen molar-refractivity contribution in [3.05, 3.63) is 30.4 Å². The lowest BCUT2D eigenvalue weighted by molar-refractivity contribution is 0.0813. The van der Waals surface area contributed by atoms with Gasteiger partial charge >= 0.3 is 0 Å². The van der Waals surface area contributed by atoms with E-state index < -0.39 is 0 Å². The van der Waals surface area contributed by atoms with E-state index in [1.54, 1.807) is 12.4 Å². The number of aromatic nitrogens is 4. The molecular weight excluding hydrogens is 264 g/mol. The molecular formula is C16H21N4O. The van der Waals surface area contributed by atoms with Crippen LogP contribution in [-0.2, 0) is 10.3 Å². The fourth-order valence-electron chi connectivity index (χ4n) is 2.61. The Labute approximate surface area is 125 Å². The summed E-state index contributed by atoms with van der Waals surface area (Å²) in [6, 6.07) is 4.86. The van der Waals surface area contributed by atoms with Crippen LogP contribution in [0, 0.1) is 6.07 Å². The molecule has 3 rings (SSSR count). The third-order valence-electron chi connectivity index (χ3n) is 3.71. The van der Waals surface area contributed by atoms with E-state index in [1.807, 2.05) is 6.07 Å². The van der Waals surface area contributed by atoms with Gasteiger partial charge in [0.05, 0.1) is 5.54 Å². The first-order valence-corrected chi connectivity index (χ1v) is 7.42. The van der Waals surface area contributed by atoms with Crippen LogP contribution < -0.4 is 0 Å². The molecule has 0 saturated carbocycles. The minimum absolute atomic E-state index is 0.0924. The highest BCUT2D eigenvalue weighted by Gasteiger charge is 2.28. The third-order valence-corrected chi connectivity index (χ3v) is 3.71. The Morgan fingerprint density at radius 2 is 2.05 bits per heavy atom. The summed E-state index contributed by atoms with van der Waals surface area (Å²) in [5, 5.41) is 4.73. The lowest BCUT2D eigenvalue weighted by atomic mass is 9.98. The molecule has 0 atom stereocenters. The first-order chi connectivity index (χ1) is 10.1. The zero-order valence-electron chi connectivity index (χ0n) is 12.8. The molecule has 1 radical (unpaired) electrons. The zero-order chi connectivity index (χ0) is 14.9. The summed E-state index contributed by atoms with van der Waals surface area (Å²) in [7, 11) is 0. The molecule has 21 heavy (non-hydrogen) atoms. The molecule has 0 bridgehead atoms. The number of pyridine rings is 1. The predicted molar refractivity (Wildman–Crippen MR) is 79.9 cm³/mol. The minimum atomic E-state index is -0.0924. The second-order valence-electron chi connectivity index (χ2n) is 6.44. The fraction of sp³-hybridized carbons (Fsp3) is 0.562. The highest BCUT2D eigenvalue weighted by Crippen LogP contribution is 2.30. The van der Waals surface area contributed by atoms with Gasteiger partial charge < -0.3 is 4.74 Å². The van der Waals surface area contributed by atoms with Crippen molar-refractivity contribution in [1.82, 2.24) is 19.7 Å². The minimum Gasteiger partial charge on any atom is -0.381 e. The highest BCUT2D eigenvalue weighted by molar-refractivity contribution is 5.52. The Hall–Kier alpha value is -1.75. The van der Waals surface area contributed by atoms with Crippen LogP contribution in [0.15, 0.2) is 18.5 Å². The monoisotopic (exact) mass is 285 g/mol. The van der Waals surface area contributed by atoms with Gasteiger partial charge in [0.2, 0.25) is 0 Å². The van der Waals surface area contributed by atoms with E-state index in [1.165, 1.54) is 0 Å². The molecule has 5 nitrogen and oxygen atoms in total. The van der Waals surface area contributed by atoms with Crippen molar-refractivity contribution in [2.75, 3.05) is 13.2 Å². The predicted octanol–water partition coefficient (Wildman–Crippen LogP) is 2.79. The van der Waals surface area contributed by atoms with Crippen molar-refractivity contribution >= 4 is 0 Å². The van der Waals surface area contributed by atoms with Crippen molar-refractivity contribution in [1.29, 1.82) is 0 Å². The molecule has 1 aliphatic rings. The van der Waals surface area contributed by atoms with Gasteiger partial charge in [-0.15, -0.1) is 0 Å². The normalized spacial score (nSPS) is 17.1. The maximum absolute atomic E-state index is 5.47. The van der Waals surface area contributed by atoms with Crippen LogP contribution in [0.2, 0.25) is 0 Å². The van der Waals surface area contributed by atoms with Crippen molar-refractivity contribution in [3.63, 3.8) is 0 Å². The topological polar surface area (TPSA) is 52.8 Å². The number of nitrogens with zero attached hydrogens (tertiary/aromatic N) is 4. The lowest BCUT2D eigenvalue weighted by Crippen LogP contribution is -2.28. The van der Waals surface area contributed by atoms with Crippen molar-refractivity contribution in [3.8, 4) is 11.4 Å². The molecule has 1 fully saturated rings. The van der Waals surface area contributed by atoms with Gasteiger partial charge in [-0.2, -0.15) is 5.10 Å². The van der Waals surface area contributed by atoms with Gasteiger partial charge in [-0.1, -0.05) is 0 Å². The average Bonchev–Trinajstić information content (AvgIpc) is 2.94. The van der Waals surface area contributed by atoms with Crippen molar-refractivity contribution in [2.24, 2.45) is 0 Å². The summed E-state index contributed by atoms with van der Waals surface area (Å²) in [5.74, 6) is 2.21. The first-order valence-electron chi connectivity index (χ1n) is 7.42. The number of hydrogen-bond donors (Lipinski definition) is 0. The second-order valence-corrected chi connectivity index (χ2v) is 6.44. The third kappa shape index (κ3) is 2.97. The van der Waals surface area contributed by atoms with E-state index >= 15 is 0 Å². The zero-order valence-corrected chi connectivity index (χ0v) is 12.8. The number of rotatable bonds is 2. The summed E-state index contributed by atoms with van der Waals surface area (Å²) in [4.78, 5) is 8.92. The van der Waals surface area contributed by atoms with E-state index in [4.69, 9.17) is 14.8 Å². The van der Waals surface area contributed by atoms with Crippen LogP contribution in [0.1, 0.15) is 45.4 Å². The summed E-state index contributed by atoms with van der Waals surface area (Å²) in [5.41, 5.74) is 0.818. The number of ether oxygens (including phenoxy) is 1. The Kier molecular flexibility index (Phi) is 3.76. The van der Waals surface area contributed by atoms with Gasteiger partial charge in [0.25, 0.3) is 0 Å². The average molecular weight is 285 g/mol. The van der Waals surface area contributed by atoms with Crippen LogP contribution in [0.3, 0.4) is 0 Å². The molecule has 0 spiro atoms. The largest absolute Gasteiger partial charge is 0.381 e. The van der Waals surface area contributed by atoms with Crippen LogP contribution in [0.25, 0.3) is 11.4 Å². The first kappa shape index (κ1) is 14.2. The smallest absolute Gasteiger partial charge is 0.182 e. The molecule has 2 aromatic heterocycles. The number of hydrogen-bond acceptors (Lipinski definition) is 4. The van der Waals surface area contributed by atoms with Gasteiger partial charge in [-0.05, 0) is 39.7 Å². The van der Waals surface area contributed by atoms with Gasteiger partial charge in [-0.25, -0.2) is 9.67 Å². The molecule has 5 heteroatoms. The summed E-state index contributed by atoms with van der Waals surface area (Å²) in [6.07, 6.45) is 5.44. The molecule has 0 amide bonds. The van der Waals surface area contributed by atoms with E-state index in [0.29, 0.717) is 5.92 Å². The van der Waals surface area contributed by atoms with Gasteiger partial charge in [0, 0.05) is 43.2 Å². The SMILES string of the molecule is CC(C)(C)n1nc(-c2c[c]cnc2)nc1C1CCOCC1. The van der Waals surface area contributed by atoms with E-state index in [2.05, 4.69) is 36.5 Å². The second kappa shape index (κ2) is 5.56. The molecule has 111 valence electrons. The molecule has 1 saturated heterocycles. The standard InChI is InChI=1S/C16H21N4O/c1-16(2,3)20-15(12-6-9-21-10-7-12)18-14(19-20)13-5-4-8-17-11-13/h5,8,11-12H,6-7,9-10H2,1-3H3. The Balaban J connectivity index is 2.03. The van der Waals surface area contributed by atoms with E-state index in [-0.39, 0.29) is 5.54 Å². The Morgan fingerprint density at radius 3 is 2.67 bits per heavy atom. The van der Waals surface area contributed by atoms with Crippen molar-refractivity contribution in [2.45, 2.75) is 45.1 Å². The molecule has 1 aliphatic heterocycles. The Bertz CT molecular complexity index is 594. The summed E-state index contributed by atoms with van der Waals surface area (Å²) >= 11 is 0. The molecule has 0 aromatic carbocycles.